The lowest BCUT2D eigenvalue weighted by atomic mass is 9.57. The lowest BCUT2D eigenvalue weighted by Crippen LogP contribution is -2.51. The Morgan fingerprint density at radius 1 is 1.17 bits per heavy atom. The molecule has 18 heavy (non-hydrogen) atoms. The Hall–Kier alpha value is -0.550. The summed E-state index contributed by atoms with van der Waals surface area (Å²) in [7, 11) is 0. The molecule has 1 unspecified atom stereocenters. The number of hydrogen-bond acceptors (Lipinski definition) is 2. The molecule has 0 aromatic heterocycles. The molecule has 0 spiro atoms. The van der Waals surface area contributed by atoms with E-state index in [4.69, 9.17) is 0 Å². The van der Waals surface area contributed by atoms with Crippen LogP contribution in [-0.4, -0.2) is 10.7 Å². The molecule has 0 aliphatic heterocycles. The fourth-order valence-corrected chi connectivity index (χ4v) is 3.26. The molecule has 0 heterocycles. The van der Waals surface area contributed by atoms with Gasteiger partial charge in [0, 0.05) is 0 Å². The normalized spacial score (nSPS) is 32.9. The lowest BCUT2D eigenvalue weighted by Gasteiger charge is -2.48. The number of nitrogens with zero attached hydrogens (tertiary/aromatic N) is 1. The topological polar surface area (TPSA) is 44.0 Å². The smallest absolute Gasteiger partial charge is 0.0860 e. The van der Waals surface area contributed by atoms with E-state index in [-0.39, 0.29) is 5.92 Å². The Morgan fingerprint density at radius 2 is 1.61 bits per heavy atom. The standard InChI is InChI=1S/C16H29NO/c1-12(2)15(6,18)16(11-17)9-7-13(8-10-16)14(3,4)5/h12-13,18H,7-10H2,1-6H3. The second-order valence-electron chi connectivity index (χ2n) is 7.64. The average Bonchev–Trinajstić information content (AvgIpc) is 2.27. The minimum absolute atomic E-state index is 0.114. The van der Waals surface area contributed by atoms with Gasteiger partial charge in [0.25, 0.3) is 0 Å². The molecule has 0 aromatic rings. The van der Waals surface area contributed by atoms with Crippen LogP contribution in [0.25, 0.3) is 0 Å². The van der Waals surface area contributed by atoms with E-state index in [1.54, 1.807) is 0 Å². The Bertz CT molecular complexity index is 322. The fourth-order valence-electron chi connectivity index (χ4n) is 3.26. The molecule has 2 heteroatoms. The van der Waals surface area contributed by atoms with Crippen molar-refractivity contribution in [1.82, 2.24) is 0 Å². The van der Waals surface area contributed by atoms with E-state index in [1.165, 1.54) is 0 Å². The number of aliphatic hydroxyl groups is 1. The van der Waals surface area contributed by atoms with Gasteiger partial charge in [0.2, 0.25) is 0 Å². The van der Waals surface area contributed by atoms with Crippen LogP contribution in [0.2, 0.25) is 0 Å². The summed E-state index contributed by atoms with van der Waals surface area (Å²) in [5.41, 5.74) is -1.13. The molecule has 0 amide bonds. The molecule has 0 bridgehead atoms. The molecule has 0 aromatic carbocycles. The molecule has 104 valence electrons. The van der Waals surface area contributed by atoms with Gasteiger partial charge in [-0.3, -0.25) is 0 Å². The zero-order valence-corrected chi connectivity index (χ0v) is 12.9. The molecule has 1 rings (SSSR count). The van der Waals surface area contributed by atoms with Gasteiger partial charge in [-0.2, -0.15) is 5.26 Å². The van der Waals surface area contributed by atoms with E-state index in [0.717, 1.165) is 25.7 Å². The molecule has 1 atom stereocenters. The zero-order chi connectivity index (χ0) is 14.2. The predicted molar refractivity (Wildman–Crippen MR) is 74.9 cm³/mol. The molecule has 0 radical (unpaired) electrons. The maximum Gasteiger partial charge on any atom is 0.0860 e. The van der Waals surface area contributed by atoms with E-state index in [1.807, 2.05) is 20.8 Å². The van der Waals surface area contributed by atoms with Gasteiger partial charge in [-0.15, -0.1) is 0 Å². The summed E-state index contributed by atoms with van der Waals surface area (Å²) >= 11 is 0. The Kier molecular flexibility index (Phi) is 4.18. The third-order valence-corrected chi connectivity index (χ3v) is 5.37. The van der Waals surface area contributed by atoms with Gasteiger partial charge in [-0.1, -0.05) is 34.6 Å². The van der Waals surface area contributed by atoms with E-state index in [0.29, 0.717) is 11.3 Å². The van der Waals surface area contributed by atoms with Gasteiger partial charge in [0.05, 0.1) is 17.1 Å². The van der Waals surface area contributed by atoms with Crippen LogP contribution in [-0.2, 0) is 0 Å². The second kappa shape index (κ2) is 4.85. The summed E-state index contributed by atoms with van der Waals surface area (Å²) in [4.78, 5) is 0. The summed E-state index contributed by atoms with van der Waals surface area (Å²) in [5, 5.41) is 20.3. The molecule has 0 saturated heterocycles. The molecule has 1 aliphatic rings. The van der Waals surface area contributed by atoms with E-state index in [2.05, 4.69) is 26.8 Å². The van der Waals surface area contributed by atoms with Crippen molar-refractivity contribution in [2.24, 2.45) is 22.7 Å². The van der Waals surface area contributed by atoms with Crippen LogP contribution in [0.1, 0.15) is 67.2 Å². The molecule has 2 nitrogen and oxygen atoms in total. The van der Waals surface area contributed by atoms with Crippen molar-refractivity contribution < 1.29 is 5.11 Å². The van der Waals surface area contributed by atoms with Gasteiger partial charge in [0.15, 0.2) is 0 Å². The van der Waals surface area contributed by atoms with E-state index in [9.17, 15) is 10.4 Å². The summed E-state index contributed by atoms with van der Waals surface area (Å²) < 4.78 is 0. The fraction of sp³-hybridized carbons (Fsp3) is 0.938. The van der Waals surface area contributed by atoms with E-state index < -0.39 is 11.0 Å². The SMILES string of the molecule is CC(C)C(C)(O)C1(C#N)CCC(C(C)(C)C)CC1. The highest BCUT2D eigenvalue weighted by Gasteiger charge is 2.51. The Balaban J connectivity index is 2.89. The third-order valence-electron chi connectivity index (χ3n) is 5.37. The van der Waals surface area contributed by atoms with E-state index >= 15 is 0 Å². The van der Waals surface area contributed by atoms with Crippen LogP contribution in [0, 0.1) is 34.0 Å². The first kappa shape index (κ1) is 15.5. The minimum Gasteiger partial charge on any atom is -0.388 e. The van der Waals surface area contributed by atoms with Crippen molar-refractivity contribution in [3.63, 3.8) is 0 Å². The monoisotopic (exact) mass is 251 g/mol. The Morgan fingerprint density at radius 3 is 1.89 bits per heavy atom. The highest BCUT2D eigenvalue weighted by atomic mass is 16.3. The summed E-state index contributed by atoms with van der Waals surface area (Å²) in [6.07, 6.45) is 3.77. The minimum atomic E-state index is -0.884. The van der Waals surface area contributed by atoms with Crippen LogP contribution >= 0.6 is 0 Å². The highest BCUT2D eigenvalue weighted by Crippen LogP contribution is 2.51. The van der Waals surface area contributed by atoms with Crippen LogP contribution < -0.4 is 0 Å². The molecule has 1 N–H and O–H groups in total. The summed E-state index contributed by atoms with van der Waals surface area (Å²) in [6, 6.07) is 2.46. The molecule has 1 fully saturated rings. The lowest BCUT2D eigenvalue weighted by molar-refractivity contribution is -0.101. The van der Waals surface area contributed by atoms with Crippen molar-refractivity contribution >= 4 is 0 Å². The average molecular weight is 251 g/mol. The van der Waals surface area contributed by atoms with Crippen LogP contribution in [0.4, 0.5) is 0 Å². The number of hydrogen-bond donors (Lipinski definition) is 1. The first-order chi connectivity index (χ1) is 8.07. The molecular formula is C16H29NO. The first-order valence-corrected chi connectivity index (χ1v) is 7.20. The number of nitriles is 1. The van der Waals surface area contributed by atoms with Gasteiger partial charge >= 0.3 is 0 Å². The van der Waals surface area contributed by atoms with Crippen LogP contribution in [0.15, 0.2) is 0 Å². The van der Waals surface area contributed by atoms with Crippen molar-refractivity contribution in [3.8, 4) is 6.07 Å². The van der Waals surface area contributed by atoms with Gasteiger partial charge < -0.3 is 5.11 Å². The van der Waals surface area contributed by atoms with Gasteiger partial charge in [-0.25, -0.2) is 0 Å². The predicted octanol–water partition coefficient (Wildman–Crippen LogP) is 4.14. The largest absolute Gasteiger partial charge is 0.388 e. The Labute approximate surface area is 112 Å². The van der Waals surface area contributed by atoms with Crippen molar-refractivity contribution in [2.45, 2.75) is 72.8 Å². The quantitative estimate of drug-likeness (QED) is 0.801. The van der Waals surface area contributed by atoms with Gasteiger partial charge in [0.1, 0.15) is 0 Å². The second-order valence-corrected chi connectivity index (χ2v) is 7.64. The molecule has 1 saturated carbocycles. The maximum absolute atomic E-state index is 10.7. The zero-order valence-electron chi connectivity index (χ0n) is 12.9. The summed E-state index contributed by atoms with van der Waals surface area (Å²) in [5.74, 6) is 0.783. The first-order valence-electron chi connectivity index (χ1n) is 7.20. The van der Waals surface area contributed by atoms with Gasteiger partial charge in [-0.05, 0) is 49.9 Å². The van der Waals surface area contributed by atoms with Crippen molar-refractivity contribution in [2.75, 3.05) is 0 Å². The van der Waals surface area contributed by atoms with Crippen molar-refractivity contribution in [3.05, 3.63) is 0 Å². The molecular weight excluding hydrogens is 222 g/mol. The van der Waals surface area contributed by atoms with Crippen molar-refractivity contribution in [1.29, 1.82) is 5.26 Å². The van der Waals surface area contributed by atoms with Crippen LogP contribution in [0.5, 0.6) is 0 Å². The highest BCUT2D eigenvalue weighted by molar-refractivity contribution is 5.13. The number of rotatable bonds is 2. The van der Waals surface area contributed by atoms with Crippen LogP contribution in [0.3, 0.4) is 0 Å². The summed E-state index contributed by atoms with van der Waals surface area (Å²) in [6.45, 7) is 12.7. The maximum atomic E-state index is 10.7. The third kappa shape index (κ3) is 2.57. The molecule has 1 aliphatic carbocycles.